The first-order valence-corrected chi connectivity index (χ1v) is 9.01. The summed E-state index contributed by atoms with van der Waals surface area (Å²) < 4.78 is 23.0. The lowest BCUT2D eigenvalue weighted by molar-refractivity contribution is -0.142. The maximum absolute atomic E-state index is 11.9. The Morgan fingerprint density at radius 1 is 1.19 bits per heavy atom. The number of para-hydroxylation sites is 1. The van der Waals surface area contributed by atoms with Gasteiger partial charge in [0.15, 0.2) is 11.5 Å². The Bertz CT molecular complexity index is 916. The fourth-order valence-corrected chi connectivity index (χ4v) is 3.07. The second kappa shape index (κ2) is 8.27. The van der Waals surface area contributed by atoms with Gasteiger partial charge in [-0.15, -0.1) is 0 Å². The van der Waals surface area contributed by atoms with E-state index in [1.807, 2.05) is 30.3 Å². The monoisotopic (exact) mass is 418 g/mol. The minimum Gasteiger partial charge on any atom is -0.493 e. The van der Waals surface area contributed by atoms with Gasteiger partial charge >= 0.3 is 5.97 Å². The fourth-order valence-electron chi connectivity index (χ4n) is 2.71. The molecule has 0 aliphatic carbocycles. The smallest absolute Gasteiger partial charge is 0.310 e. The van der Waals surface area contributed by atoms with E-state index in [0.717, 1.165) is 26.6 Å². The Kier molecular flexibility index (Phi) is 5.83. The molecule has 0 aliphatic rings. The maximum Gasteiger partial charge on any atom is 0.310 e. The second-order valence-electron chi connectivity index (χ2n) is 5.62. The van der Waals surface area contributed by atoms with E-state index in [1.165, 1.54) is 0 Å². The third-order valence-electron chi connectivity index (χ3n) is 3.91. The molecule has 0 saturated heterocycles. The molecular weight excluding hydrogens is 400 g/mol. The third-order valence-corrected chi connectivity index (χ3v) is 4.40. The highest BCUT2D eigenvalue weighted by molar-refractivity contribution is 9.10. The second-order valence-corrected chi connectivity index (χ2v) is 6.54. The van der Waals surface area contributed by atoms with Crippen LogP contribution in [0.25, 0.3) is 11.0 Å². The highest BCUT2D eigenvalue weighted by Crippen LogP contribution is 2.33. The molecule has 0 spiro atoms. The van der Waals surface area contributed by atoms with E-state index in [4.69, 9.17) is 18.6 Å². The molecule has 26 heavy (non-hydrogen) atoms. The van der Waals surface area contributed by atoms with E-state index < -0.39 is 0 Å². The number of fused-ring (bicyclic) bond motifs is 1. The summed E-state index contributed by atoms with van der Waals surface area (Å²) >= 11 is 3.47. The molecule has 6 heteroatoms. The maximum atomic E-state index is 11.9. The number of methoxy groups -OCH3 is 1. The molecule has 0 fully saturated rings. The van der Waals surface area contributed by atoms with Crippen molar-refractivity contribution >= 4 is 32.9 Å². The van der Waals surface area contributed by atoms with Crippen LogP contribution in [0.15, 0.2) is 51.6 Å². The molecule has 0 unspecified atom stereocenters. The number of furan rings is 1. The van der Waals surface area contributed by atoms with Gasteiger partial charge in [-0.25, -0.2) is 0 Å². The molecule has 1 heterocycles. The summed E-state index contributed by atoms with van der Waals surface area (Å²) in [4.78, 5) is 11.9. The summed E-state index contributed by atoms with van der Waals surface area (Å²) in [5.41, 5.74) is 2.42. The van der Waals surface area contributed by atoms with Crippen molar-refractivity contribution in [1.82, 2.24) is 0 Å². The van der Waals surface area contributed by atoms with Crippen molar-refractivity contribution in [2.24, 2.45) is 0 Å². The summed E-state index contributed by atoms with van der Waals surface area (Å²) in [5, 5.41) is 0.973. The zero-order valence-corrected chi connectivity index (χ0v) is 16.2. The molecule has 3 aromatic rings. The van der Waals surface area contributed by atoms with E-state index in [-0.39, 0.29) is 12.4 Å². The Morgan fingerprint density at radius 3 is 2.81 bits per heavy atom. The van der Waals surface area contributed by atoms with Gasteiger partial charge in [0.2, 0.25) is 0 Å². The summed E-state index contributed by atoms with van der Waals surface area (Å²) in [6.45, 7) is 2.41. The molecular formula is C20H19BrO5. The predicted octanol–water partition coefficient (Wildman–Crippen LogP) is 4.89. The standard InChI is InChI=1S/C20H19BrO5/c1-3-24-19(22)9-13-5-4-6-18(23-2)20(13)26-12-14-11-25-17-8-7-15(21)10-16(14)17/h4-8,10-11H,3,9,12H2,1-2H3. The molecule has 0 aliphatic heterocycles. The van der Waals surface area contributed by atoms with E-state index in [9.17, 15) is 4.79 Å². The number of carbonyl (C=O) groups is 1. The average molecular weight is 419 g/mol. The number of carbonyl (C=O) groups excluding carboxylic acids is 1. The molecule has 0 amide bonds. The number of ether oxygens (including phenoxy) is 3. The van der Waals surface area contributed by atoms with Gasteiger partial charge in [-0.2, -0.15) is 0 Å². The van der Waals surface area contributed by atoms with Crippen LogP contribution in [0.4, 0.5) is 0 Å². The Labute approximate surface area is 160 Å². The minimum atomic E-state index is -0.303. The van der Waals surface area contributed by atoms with Gasteiger partial charge in [-0.05, 0) is 31.2 Å². The summed E-state index contributed by atoms with van der Waals surface area (Å²) in [6, 6.07) is 11.3. The van der Waals surface area contributed by atoms with Gasteiger partial charge in [-0.3, -0.25) is 4.79 Å². The topological polar surface area (TPSA) is 57.9 Å². The molecule has 0 saturated carbocycles. The number of hydrogen-bond donors (Lipinski definition) is 0. The molecule has 3 rings (SSSR count). The van der Waals surface area contributed by atoms with Crippen LogP contribution in [0.3, 0.4) is 0 Å². The van der Waals surface area contributed by atoms with Gasteiger partial charge in [0, 0.05) is 21.0 Å². The van der Waals surface area contributed by atoms with Crippen molar-refractivity contribution < 1.29 is 23.4 Å². The van der Waals surface area contributed by atoms with Crippen LogP contribution in [-0.4, -0.2) is 19.7 Å². The SMILES string of the molecule is CCOC(=O)Cc1cccc(OC)c1OCc1coc2ccc(Br)cc12. The van der Waals surface area contributed by atoms with Gasteiger partial charge in [0.1, 0.15) is 12.2 Å². The largest absolute Gasteiger partial charge is 0.493 e. The summed E-state index contributed by atoms with van der Waals surface area (Å²) in [6.07, 6.45) is 1.80. The van der Waals surface area contributed by atoms with Crippen LogP contribution in [0.1, 0.15) is 18.1 Å². The van der Waals surface area contributed by atoms with Crippen molar-refractivity contribution in [1.29, 1.82) is 0 Å². The van der Waals surface area contributed by atoms with Gasteiger partial charge in [-0.1, -0.05) is 28.1 Å². The van der Waals surface area contributed by atoms with Crippen molar-refractivity contribution in [3.8, 4) is 11.5 Å². The minimum absolute atomic E-state index is 0.123. The van der Waals surface area contributed by atoms with E-state index in [1.54, 1.807) is 26.4 Å². The van der Waals surface area contributed by atoms with Gasteiger partial charge < -0.3 is 18.6 Å². The van der Waals surface area contributed by atoms with Gasteiger partial charge in [0.05, 0.1) is 26.4 Å². The lowest BCUT2D eigenvalue weighted by Crippen LogP contribution is -2.09. The number of rotatable bonds is 7. The van der Waals surface area contributed by atoms with Gasteiger partial charge in [0.25, 0.3) is 0 Å². The van der Waals surface area contributed by atoms with Crippen LogP contribution in [-0.2, 0) is 22.6 Å². The number of esters is 1. The van der Waals surface area contributed by atoms with Crippen LogP contribution in [0, 0.1) is 0 Å². The molecule has 5 nitrogen and oxygen atoms in total. The zero-order chi connectivity index (χ0) is 18.5. The Morgan fingerprint density at radius 2 is 2.04 bits per heavy atom. The van der Waals surface area contributed by atoms with Crippen molar-refractivity contribution in [3.05, 3.63) is 58.3 Å². The highest BCUT2D eigenvalue weighted by atomic mass is 79.9. The molecule has 2 aromatic carbocycles. The molecule has 0 N–H and O–H groups in total. The quantitative estimate of drug-likeness (QED) is 0.511. The molecule has 0 atom stereocenters. The van der Waals surface area contributed by atoms with Crippen LogP contribution >= 0.6 is 15.9 Å². The number of benzene rings is 2. The van der Waals surface area contributed by atoms with E-state index in [0.29, 0.717) is 24.7 Å². The van der Waals surface area contributed by atoms with E-state index in [2.05, 4.69) is 15.9 Å². The Balaban J connectivity index is 1.85. The molecule has 1 aromatic heterocycles. The van der Waals surface area contributed by atoms with Crippen molar-refractivity contribution in [3.63, 3.8) is 0 Å². The van der Waals surface area contributed by atoms with Crippen LogP contribution < -0.4 is 9.47 Å². The average Bonchev–Trinajstić information content (AvgIpc) is 3.02. The summed E-state index contributed by atoms with van der Waals surface area (Å²) in [7, 11) is 1.57. The van der Waals surface area contributed by atoms with E-state index >= 15 is 0 Å². The summed E-state index contributed by atoms with van der Waals surface area (Å²) in [5.74, 6) is 0.802. The normalized spacial score (nSPS) is 10.7. The van der Waals surface area contributed by atoms with Crippen LogP contribution in [0.5, 0.6) is 11.5 Å². The first kappa shape index (κ1) is 18.3. The molecule has 0 radical (unpaired) electrons. The highest BCUT2D eigenvalue weighted by Gasteiger charge is 2.16. The molecule has 136 valence electrons. The van der Waals surface area contributed by atoms with Crippen molar-refractivity contribution in [2.45, 2.75) is 20.0 Å². The van der Waals surface area contributed by atoms with Crippen molar-refractivity contribution in [2.75, 3.05) is 13.7 Å². The Hall–Kier alpha value is -2.47. The lowest BCUT2D eigenvalue weighted by Gasteiger charge is -2.14. The molecule has 0 bridgehead atoms. The zero-order valence-electron chi connectivity index (χ0n) is 14.6. The third kappa shape index (κ3) is 4.02. The predicted molar refractivity (Wildman–Crippen MR) is 102 cm³/mol. The number of hydrogen-bond acceptors (Lipinski definition) is 5. The number of halogens is 1. The first-order valence-electron chi connectivity index (χ1n) is 8.22. The van der Waals surface area contributed by atoms with Crippen LogP contribution in [0.2, 0.25) is 0 Å². The lowest BCUT2D eigenvalue weighted by atomic mass is 10.1. The first-order chi connectivity index (χ1) is 12.6. The fraction of sp³-hybridized carbons (Fsp3) is 0.250.